The fourth-order valence-electron chi connectivity index (χ4n) is 1.27. The molecule has 0 saturated carbocycles. The molecule has 0 heterocycles. The Labute approximate surface area is 110 Å². The predicted octanol–water partition coefficient (Wildman–Crippen LogP) is 2.17. The van der Waals surface area contributed by atoms with E-state index in [0.29, 0.717) is 17.0 Å². The fraction of sp³-hybridized carbons (Fsp3) is 0.364. The van der Waals surface area contributed by atoms with Crippen LogP contribution in [0.25, 0.3) is 0 Å². The topological polar surface area (TPSA) is 78.8 Å². The summed E-state index contributed by atoms with van der Waals surface area (Å²) in [6.07, 6.45) is 0.664. The highest BCUT2D eigenvalue weighted by Crippen LogP contribution is 2.30. The highest BCUT2D eigenvalue weighted by molar-refractivity contribution is 6.36. The molecule has 2 unspecified atom stereocenters. The first-order valence-corrected chi connectivity index (χ1v) is 5.80. The maximum Gasteiger partial charge on any atom is 0.143 e. The Hall–Kier alpha value is -0.810. The molecule has 1 rings (SSSR count). The number of hydrogen-bond acceptors (Lipinski definition) is 4. The van der Waals surface area contributed by atoms with Gasteiger partial charge in [0.1, 0.15) is 5.75 Å². The second-order valence-electron chi connectivity index (χ2n) is 3.76. The van der Waals surface area contributed by atoms with E-state index in [9.17, 15) is 5.11 Å². The zero-order valence-electron chi connectivity index (χ0n) is 9.27. The zero-order chi connectivity index (χ0) is 13.0. The maximum absolute atomic E-state index is 9.64. The monoisotopic (exact) mass is 276 g/mol. The molecule has 1 aromatic rings. The maximum atomic E-state index is 9.64. The van der Waals surface area contributed by atoms with Gasteiger partial charge < -0.3 is 15.9 Å². The van der Waals surface area contributed by atoms with Gasteiger partial charge in [0, 0.05) is 23.2 Å². The predicted molar refractivity (Wildman–Crippen MR) is 70.0 cm³/mol. The third-order valence-corrected chi connectivity index (χ3v) is 2.55. The number of rotatable bonds is 4. The van der Waals surface area contributed by atoms with Gasteiger partial charge in [-0.2, -0.15) is 0 Å². The van der Waals surface area contributed by atoms with E-state index in [4.69, 9.17) is 34.0 Å². The molecule has 4 nitrogen and oxygen atoms in total. The van der Waals surface area contributed by atoms with Crippen LogP contribution in [0, 0.1) is 0 Å². The molecule has 1 aromatic carbocycles. The van der Waals surface area contributed by atoms with E-state index in [0.717, 1.165) is 0 Å². The molecule has 0 aliphatic carbocycles. The number of phenols is 1. The molecular weight excluding hydrogens is 263 g/mol. The summed E-state index contributed by atoms with van der Waals surface area (Å²) in [5.41, 5.74) is 6.04. The first-order valence-electron chi connectivity index (χ1n) is 5.05. The molecule has 0 aliphatic heterocycles. The van der Waals surface area contributed by atoms with Crippen molar-refractivity contribution >= 4 is 29.4 Å². The lowest BCUT2D eigenvalue weighted by molar-refractivity contribution is 0.176. The lowest BCUT2D eigenvalue weighted by Crippen LogP contribution is -2.22. The van der Waals surface area contributed by atoms with Crippen molar-refractivity contribution in [2.75, 3.05) is 0 Å². The average Bonchev–Trinajstić information content (AvgIpc) is 2.20. The molecular formula is C11H14Cl2N2O2. The standard InChI is InChI=1S/C11H14Cl2N2O2/c1-6(16)2-10(14)15-5-7-3-8(12)4-9(13)11(7)17/h3-6,10,16-17H,2,14H2,1H3/b15-5+. The summed E-state index contributed by atoms with van der Waals surface area (Å²) >= 11 is 11.5. The largest absolute Gasteiger partial charge is 0.506 e. The van der Waals surface area contributed by atoms with Gasteiger partial charge in [0.15, 0.2) is 0 Å². The van der Waals surface area contributed by atoms with Crippen molar-refractivity contribution in [3.05, 3.63) is 27.7 Å². The van der Waals surface area contributed by atoms with Gasteiger partial charge in [-0.1, -0.05) is 23.2 Å². The number of benzene rings is 1. The Morgan fingerprint density at radius 2 is 2.12 bits per heavy atom. The summed E-state index contributed by atoms with van der Waals surface area (Å²) in [4.78, 5) is 3.99. The average molecular weight is 277 g/mol. The number of aromatic hydroxyl groups is 1. The first-order chi connectivity index (χ1) is 7.90. The minimum atomic E-state index is -0.535. The van der Waals surface area contributed by atoms with Crippen molar-refractivity contribution in [2.24, 2.45) is 10.7 Å². The molecule has 94 valence electrons. The number of aliphatic imine (C=N–C) groups is 1. The van der Waals surface area contributed by atoms with Crippen LogP contribution >= 0.6 is 23.2 Å². The van der Waals surface area contributed by atoms with Crippen LogP contribution in [0.4, 0.5) is 0 Å². The number of nitrogens with zero attached hydrogens (tertiary/aromatic N) is 1. The lowest BCUT2D eigenvalue weighted by atomic mass is 10.2. The Morgan fingerprint density at radius 3 is 2.71 bits per heavy atom. The Bertz CT molecular complexity index is 422. The second kappa shape index (κ2) is 6.21. The molecule has 0 spiro atoms. The van der Waals surface area contributed by atoms with E-state index in [1.807, 2.05) is 0 Å². The molecule has 17 heavy (non-hydrogen) atoms. The number of hydrogen-bond donors (Lipinski definition) is 3. The molecule has 0 aliphatic rings. The third-order valence-electron chi connectivity index (χ3n) is 2.05. The van der Waals surface area contributed by atoms with Crippen molar-refractivity contribution in [1.82, 2.24) is 0 Å². The van der Waals surface area contributed by atoms with E-state index < -0.39 is 12.3 Å². The van der Waals surface area contributed by atoms with Gasteiger partial charge in [0.05, 0.1) is 17.3 Å². The molecule has 0 bridgehead atoms. The summed E-state index contributed by atoms with van der Waals surface area (Å²) in [6.45, 7) is 1.63. The molecule has 0 aromatic heterocycles. The normalized spacial score (nSPS) is 15.1. The van der Waals surface area contributed by atoms with Gasteiger partial charge in [-0.3, -0.25) is 4.99 Å². The summed E-state index contributed by atoms with van der Waals surface area (Å²) < 4.78 is 0. The third kappa shape index (κ3) is 4.52. The quantitative estimate of drug-likeness (QED) is 0.738. The zero-order valence-corrected chi connectivity index (χ0v) is 10.8. The van der Waals surface area contributed by atoms with Crippen LogP contribution < -0.4 is 5.73 Å². The number of nitrogens with two attached hydrogens (primary N) is 1. The van der Waals surface area contributed by atoms with E-state index in [-0.39, 0.29) is 10.8 Å². The van der Waals surface area contributed by atoms with Gasteiger partial charge >= 0.3 is 0 Å². The Kier molecular flexibility index (Phi) is 5.21. The van der Waals surface area contributed by atoms with Crippen molar-refractivity contribution in [3.63, 3.8) is 0 Å². The van der Waals surface area contributed by atoms with Crippen LogP contribution in [0.3, 0.4) is 0 Å². The molecule has 0 amide bonds. The van der Waals surface area contributed by atoms with Gasteiger partial charge in [-0.15, -0.1) is 0 Å². The first kappa shape index (κ1) is 14.3. The highest BCUT2D eigenvalue weighted by atomic mass is 35.5. The van der Waals surface area contributed by atoms with Crippen molar-refractivity contribution in [1.29, 1.82) is 0 Å². The Morgan fingerprint density at radius 1 is 1.47 bits per heavy atom. The number of halogens is 2. The van der Waals surface area contributed by atoms with Crippen molar-refractivity contribution < 1.29 is 10.2 Å². The Balaban J connectivity index is 2.84. The summed E-state index contributed by atoms with van der Waals surface area (Å²) in [7, 11) is 0. The molecule has 0 saturated heterocycles. The van der Waals surface area contributed by atoms with Gasteiger partial charge in [-0.25, -0.2) is 0 Å². The number of aliphatic hydroxyl groups excluding tert-OH is 1. The molecule has 4 N–H and O–H groups in total. The number of aliphatic hydroxyl groups is 1. The van der Waals surface area contributed by atoms with E-state index in [1.54, 1.807) is 6.92 Å². The van der Waals surface area contributed by atoms with Crippen molar-refractivity contribution in [3.8, 4) is 5.75 Å². The minimum Gasteiger partial charge on any atom is -0.506 e. The molecule has 6 heteroatoms. The number of phenolic OH excluding ortho intramolecular Hbond substituents is 1. The SMILES string of the molecule is CC(O)CC(N)/N=C/c1cc(Cl)cc(Cl)c1O. The smallest absolute Gasteiger partial charge is 0.143 e. The van der Waals surface area contributed by atoms with Crippen LogP contribution in [0.1, 0.15) is 18.9 Å². The minimum absolute atomic E-state index is 0.0935. The van der Waals surface area contributed by atoms with Crippen molar-refractivity contribution in [2.45, 2.75) is 25.6 Å². The fourth-order valence-corrected chi connectivity index (χ4v) is 1.78. The molecule has 0 fully saturated rings. The lowest BCUT2D eigenvalue weighted by Gasteiger charge is -2.08. The summed E-state index contributed by atoms with van der Waals surface area (Å²) in [6, 6.07) is 2.97. The van der Waals surface area contributed by atoms with E-state index >= 15 is 0 Å². The van der Waals surface area contributed by atoms with Gasteiger partial charge in [-0.05, 0) is 19.1 Å². The summed E-state index contributed by atoms with van der Waals surface area (Å²) in [5.74, 6) is -0.0935. The van der Waals surface area contributed by atoms with E-state index in [2.05, 4.69) is 4.99 Å². The van der Waals surface area contributed by atoms with Gasteiger partial charge in [0.25, 0.3) is 0 Å². The highest BCUT2D eigenvalue weighted by Gasteiger charge is 2.07. The van der Waals surface area contributed by atoms with Crippen LogP contribution in [0.5, 0.6) is 5.75 Å². The second-order valence-corrected chi connectivity index (χ2v) is 4.60. The van der Waals surface area contributed by atoms with E-state index in [1.165, 1.54) is 18.3 Å². The van der Waals surface area contributed by atoms with Gasteiger partial charge in [0.2, 0.25) is 0 Å². The molecule has 0 radical (unpaired) electrons. The van der Waals surface area contributed by atoms with Crippen LogP contribution in [0.15, 0.2) is 17.1 Å². The van der Waals surface area contributed by atoms with Crippen LogP contribution in [-0.4, -0.2) is 28.7 Å². The molecule has 2 atom stereocenters. The van der Waals surface area contributed by atoms with Crippen LogP contribution in [-0.2, 0) is 0 Å². The summed E-state index contributed by atoms with van der Waals surface area (Å²) in [5, 5.41) is 19.3. The van der Waals surface area contributed by atoms with Crippen LogP contribution in [0.2, 0.25) is 10.0 Å².